The Morgan fingerprint density at radius 3 is 2.76 bits per heavy atom. The van der Waals surface area contributed by atoms with Crippen molar-refractivity contribution in [3.05, 3.63) is 67.1 Å². The minimum atomic E-state index is -0.522. The molecular weight excluding hydrogens is 358 g/mol. The third-order valence-corrected chi connectivity index (χ3v) is 3.66. The van der Waals surface area contributed by atoms with Gasteiger partial charge in [0.2, 0.25) is 0 Å². The van der Waals surface area contributed by atoms with Crippen LogP contribution >= 0.6 is 27.5 Å². The number of hydrogen-bond acceptors (Lipinski definition) is 4. The highest BCUT2D eigenvalue weighted by atomic mass is 79.9. The number of nitriles is 1. The smallest absolute Gasteiger partial charge is 0.293 e. The van der Waals surface area contributed by atoms with E-state index in [1.54, 1.807) is 6.07 Å². The van der Waals surface area contributed by atoms with Gasteiger partial charge in [-0.15, -0.1) is 0 Å². The lowest BCUT2D eigenvalue weighted by Crippen LogP contribution is -2.03. The zero-order chi connectivity index (χ0) is 15.4. The summed E-state index contributed by atoms with van der Waals surface area (Å²) in [6, 6.07) is 11.6. The van der Waals surface area contributed by atoms with Crippen LogP contribution < -0.4 is 5.32 Å². The Labute approximate surface area is 134 Å². The molecule has 5 nitrogen and oxygen atoms in total. The third-order valence-electron chi connectivity index (χ3n) is 2.80. The molecule has 0 fully saturated rings. The Kier molecular flexibility index (Phi) is 4.78. The predicted octanol–water partition coefficient (Wildman–Crippen LogP) is 4.49. The fourth-order valence-corrected chi connectivity index (χ4v) is 2.36. The van der Waals surface area contributed by atoms with Gasteiger partial charge < -0.3 is 5.32 Å². The summed E-state index contributed by atoms with van der Waals surface area (Å²) in [4.78, 5) is 10.5. The van der Waals surface area contributed by atoms with Gasteiger partial charge in [-0.1, -0.05) is 27.5 Å². The quantitative estimate of drug-likeness (QED) is 0.638. The molecule has 0 radical (unpaired) electrons. The number of halogens is 2. The second-order valence-electron chi connectivity index (χ2n) is 4.19. The molecule has 0 heterocycles. The molecule has 21 heavy (non-hydrogen) atoms. The standard InChI is InChI=1S/C14H9BrClN3O2/c15-11-2-3-12(16)10(6-11)8-18-13-4-1-9(7-17)5-14(13)19(20)21/h1-6,18H,8H2. The number of anilines is 1. The van der Waals surface area contributed by atoms with Gasteiger partial charge in [0.25, 0.3) is 5.69 Å². The van der Waals surface area contributed by atoms with Gasteiger partial charge in [-0.2, -0.15) is 5.26 Å². The molecule has 2 aromatic carbocycles. The summed E-state index contributed by atoms with van der Waals surface area (Å²) in [6.07, 6.45) is 0. The van der Waals surface area contributed by atoms with E-state index in [0.29, 0.717) is 17.3 Å². The van der Waals surface area contributed by atoms with Crippen LogP contribution in [0.15, 0.2) is 40.9 Å². The van der Waals surface area contributed by atoms with Crippen LogP contribution in [-0.2, 0) is 6.54 Å². The largest absolute Gasteiger partial charge is 0.375 e. The van der Waals surface area contributed by atoms with Crippen molar-refractivity contribution in [1.29, 1.82) is 5.26 Å². The van der Waals surface area contributed by atoms with E-state index in [4.69, 9.17) is 16.9 Å². The molecule has 0 saturated heterocycles. The van der Waals surface area contributed by atoms with Gasteiger partial charge in [-0.3, -0.25) is 10.1 Å². The third kappa shape index (κ3) is 3.72. The molecule has 106 valence electrons. The van der Waals surface area contributed by atoms with Gasteiger partial charge in [-0.05, 0) is 35.9 Å². The fourth-order valence-electron chi connectivity index (χ4n) is 1.77. The second kappa shape index (κ2) is 6.57. The van der Waals surface area contributed by atoms with Crippen LogP contribution in [0.25, 0.3) is 0 Å². The summed E-state index contributed by atoms with van der Waals surface area (Å²) in [5.41, 5.74) is 1.26. The number of nitro groups is 1. The lowest BCUT2D eigenvalue weighted by Gasteiger charge is -2.09. The van der Waals surface area contributed by atoms with Crippen molar-refractivity contribution in [2.24, 2.45) is 0 Å². The van der Waals surface area contributed by atoms with Crippen molar-refractivity contribution in [2.45, 2.75) is 6.54 Å². The Bertz CT molecular complexity index is 743. The molecule has 0 unspecified atom stereocenters. The first kappa shape index (κ1) is 15.3. The summed E-state index contributed by atoms with van der Waals surface area (Å²) < 4.78 is 0.873. The normalized spacial score (nSPS) is 9.95. The van der Waals surface area contributed by atoms with Gasteiger partial charge in [0.05, 0.1) is 16.6 Å². The number of rotatable bonds is 4. The first-order valence-electron chi connectivity index (χ1n) is 5.87. The summed E-state index contributed by atoms with van der Waals surface area (Å²) in [6.45, 7) is 0.338. The molecule has 0 aromatic heterocycles. The highest BCUT2D eigenvalue weighted by Gasteiger charge is 2.14. The first-order valence-corrected chi connectivity index (χ1v) is 7.04. The number of benzene rings is 2. The van der Waals surface area contributed by atoms with Crippen LogP contribution in [0.1, 0.15) is 11.1 Å². The average Bonchev–Trinajstić information content (AvgIpc) is 2.48. The van der Waals surface area contributed by atoms with E-state index >= 15 is 0 Å². The SMILES string of the molecule is N#Cc1ccc(NCc2cc(Br)ccc2Cl)c([N+](=O)[O-])c1. The van der Waals surface area contributed by atoms with Gasteiger partial charge in [0.1, 0.15) is 5.69 Å². The molecule has 2 rings (SSSR count). The fraction of sp³-hybridized carbons (Fsp3) is 0.0714. The Hall–Kier alpha value is -2.10. The molecule has 0 aliphatic carbocycles. The van der Waals surface area contributed by atoms with E-state index in [9.17, 15) is 10.1 Å². The summed E-state index contributed by atoms with van der Waals surface area (Å²) >= 11 is 9.42. The van der Waals surface area contributed by atoms with E-state index in [1.165, 1.54) is 18.2 Å². The molecule has 0 atom stereocenters. The van der Waals surface area contributed by atoms with Crippen molar-refractivity contribution in [3.8, 4) is 6.07 Å². The Morgan fingerprint density at radius 2 is 2.10 bits per heavy atom. The molecule has 1 N–H and O–H groups in total. The van der Waals surface area contributed by atoms with Crippen molar-refractivity contribution in [2.75, 3.05) is 5.32 Å². The maximum Gasteiger partial charge on any atom is 0.293 e. The van der Waals surface area contributed by atoms with Gasteiger partial charge in [0, 0.05) is 22.1 Å². The molecule has 7 heteroatoms. The predicted molar refractivity (Wildman–Crippen MR) is 84.3 cm³/mol. The van der Waals surface area contributed by atoms with Crippen LogP contribution in [0.2, 0.25) is 5.02 Å². The van der Waals surface area contributed by atoms with Crippen LogP contribution in [0.5, 0.6) is 0 Å². The summed E-state index contributed by atoms with van der Waals surface area (Å²) in [5.74, 6) is 0. The monoisotopic (exact) mass is 365 g/mol. The lowest BCUT2D eigenvalue weighted by atomic mass is 10.1. The number of nitrogens with one attached hydrogen (secondary N) is 1. The first-order chi connectivity index (χ1) is 10.0. The number of hydrogen-bond donors (Lipinski definition) is 1. The molecular formula is C14H9BrClN3O2. The van der Waals surface area contributed by atoms with E-state index in [-0.39, 0.29) is 11.3 Å². The Balaban J connectivity index is 2.26. The molecule has 0 spiro atoms. The molecule has 0 bridgehead atoms. The van der Waals surface area contributed by atoms with E-state index in [0.717, 1.165) is 10.0 Å². The van der Waals surface area contributed by atoms with Crippen LogP contribution in [-0.4, -0.2) is 4.92 Å². The lowest BCUT2D eigenvalue weighted by molar-refractivity contribution is -0.384. The zero-order valence-electron chi connectivity index (χ0n) is 10.6. The molecule has 0 saturated carbocycles. The van der Waals surface area contributed by atoms with E-state index in [1.807, 2.05) is 18.2 Å². The average molecular weight is 367 g/mol. The maximum atomic E-state index is 11.0. The van der Waals surface area contributed by atoms with Crippen LogP contribution in [0, 0.1) is 21.4 Å². The second-order valence-corrected chi connectivity index (χ2v) is 5.51. The summed E-state index contributed by atoms with van der Waals surface area (Å²) in [5, 5.41) is 23.4. The minimum absolute atomic E-state index is 0.139. The molecule has 0 amide bonds. The minimum Gasteiger partial charge on any atom is -0.375 e. The summed E-state index contributed by atoms with van der Waals surface area (Å²) in [7, 11) is 0. The van der Waals surface area contributed by atoms with Crippen LogP contribution in [0.3, 0.4) is 0 Å². The molecule has 0 aliphatic rings. The highest BCUT2D eigenvalue weighted by Crippen LogP contribution is 2.27. The van der Waals surface area contributed by atoms with Crippen LogP contribution in [0.4, 0.5) is 11.4 Å². The van der Waals surface area contributed by atoms with E-state index < -0.39 is 4.92 Å². The van der Waals surface area contributed by atoms with Crippen molar-refractivity contribution in [1.82, 2.24) is 0 Å². The number of nitro benzene ring substituents is 1. The van der Waals surface area contributed by atoms with Gasteiger partial charge in [0.15, 0.2) is 0 Å². The zero-order valence-corrected chi connectivity index (χ0v) is 13.0. The maximum absolute atomic E-state index is 11.0. The van der Waals surface area contributed by atoms with Crippen molar-refractivity contribution >= 4 is 38.9 Å². The van der Waals surface area contributed by atoms with Gasteiger partial charge >= 0.3 is 0 Å². The number of nitrogens with zero attached hydrogens (tertiary/aromatic N) is 2. The topological polar surface area (TPSA) is 79.0 Å². The van der Waals surface area contributed by atoms with Crippen molar-refractivity contribution < 1.29 is 4.92 Å². The molecule has 0 aliphatic heterocycles. The highest BCUT2D eigenvalue weighted by molar-refractivity contribution is 9.10. The van der Waals surface area contributed by atoms with Gasteiger partial charge in [-0.25, -0.2) is 0 Å². The van der Waals surface area contributed by atoms with E-state index in [2.05, 4.69) is 21.2 Å². The Morgan fingerprint density at radius 1 is 1.33 bits per heavy atom. The molecule has 2 aromatic rings. The van der Waals surface area contributed by atoms with Crippen molar-refractivity contribution in [3.63, 3.8) is 0 Å².